The zero-order chi connectivity index (χ0) is 11.4. The maximum Gasteiger partial charge on any atom is 0.185 e. The summed E-state index contributed by atoms with van der Waals surface area (Å²) in [5, 5.41) is 6.48. The Morgan fingerprint density at radius 1 is 1.44 bits per heavy atom. The van der Waals surface area contributed by atoms with Gasteiger partial charge in [-0.15, -0.1) is 11.3 Å². The zero-order valence-electron chi connectivity index (χ0n) is 10.2. The van der Waals surface area contributed by atoms with Crippen LogP contribution in [0.15, 0.2) is 5.38 Å². The van der Waals surface area contributed by atoms with Crippen LogP contribution in [-0.4, -0.2) is 25.1 Å². The standard InChI is InChI=1S/C12H21N3S/c1-13-8-10-9-16-12(14-10)15(2)11-6-4-3-5-7-11/h9,11,13H,3-8H2,1-2H3. The first-order valence-corrected chi connectivity index (χ1v) is 7.01. The topological polar surface area (TPSA) is 28.2 Å². The fraction of sp³-hybridized carbons (Fsp3) is 0.750. The average molecular weight is 239 g/mol. The van der Waals surface area contributed by atoms with E-state index in [0.717, 1.165) is 12.2 Å². The molecule has 3 nitrogen and oxygen atoms in total. The van der Waals surface area contributed by atoms with E-state index in [-0.39, 0.29) is 0 Å². The minimum atomic E-state index is 0.710. The maximum atomic E-state index is 4.66. The van der Waals surface area contributed by atoms with Gasteiger partial charge in [-0.3, -0.25) is 0 Å². The molecule has 2 rings (SSSR count). The lowest BCUT2D eigenvalue weighted by Gasteiger charge is -2.30. The van der Waals surface area contributed by atoms with E-state index < -0.39 is 0 Å². The molecule has 0 radical (unpaired) electrons. The highest BCUT2D eigenvalue weighted by Crippen LogP contribution is 2.28. The SMILES string of the molecule is CNCc1csc(N(C)C2CCCCC2)n1. The Morgan fingerprint density at radius 3 is 2.88 bits per heavy atom. The number of nitrogens with one attached hydrogen (secondary N) is 1. The fourth-order valence-corrected chi connectivity index (χ4v) is 3.21. The van der Waals surface area contributed by atoms with Crippen LogP contribution < -0.4 is 10.2 Å². The summed E-state index contributed by atoms with van der Waals surface area (Å²) in [5.41, 5.74) is 1.16. The molecule has 0 amide bonds. The van der Waals surface area contributed by atoms with Gasteiger partial charge in [-0.25, -0.2) is 4.98 Å². The number of hydrogen-bond donors (Lipinski definition) is 1. The molecule has 1 heterocycles. The van der Waals surface area contributed by atoms with Gasteiger partial charge in [-0.05, 0) is 19.9 Å². The van der Waals surface area contributed by atoms with Gasteiger partial charge < -0.3 is 10.2 Å². The van der Waals surface area contributed by atoms with Gasteiger partial charge in [-0.1, -0.05) is 19.3 Å². The third kappa shape index (κ3) is 2.74. The summed E-state index contributed by atoms with van der Waals surface area (Å²) in [4.78, 5) is 7.04. The van der Waals surface area contributed by atoms with E-state index >= 15 is 0 Å². The van der Waals surface area contributed by atoms with Crippen LogP contribution in [0.2, 0.25) is 0 Å². The molecular formula is C12H21N3S. The smallest absolute Gasteiger partial charge is 0.185 e. The van der Waals surface area contributed by atoms with Crippen LogP contribution in [0.3, 0.4) is 0 Å². The van der Waals surface area contributed by atoms with Crippen molar-refractivity contribution in [3.8, 4) is 0 Å². The molecule has 1 aliphatic rings. The molecule has 0 atom stereocenters. The van der Waals surface area contributed by atoms with Crippen molar-refractivity contribution in [2.45, 2.75) is 44.7 Å². The third-order valence-corrected chi connectivity index (χ3v) is 4.30. The highest BCUT2D eigenvalue weighted by molar-refractivity contribution is 7.13. The first-order chi connectivity index (χ1) is 7.81. The fourth-order valence-electron chi connectivity index (χ4n) is 2.35. The van der Waals surface area contributed by atoms with Crippen LogP contribution in [0.5, 0.6) is 0 Å². The van der Waals surface area contributed by atoms with Gasteiger partial charge in [-0.2, -0.15) is 0 Å². The third-order valence-electron chi connectivity index (χ3n) is 3.32. The van der Waals surface area contributed by atoms with Gasteiger partial charge in [0.25, 0.3) is 0 Å². The van der Waals surface area contributed by atoms with Gasteiger partial charge >= 0.3 is 0 Å². The van der Waals surface area contributed by atoms with Gasteiger partial charge in [0.2, 0.25) is 0 Å². The lowest BCUT2D eigenvalue weighted by molar-refractivity contribution is 0.427. The molecule has 4 heteroatoms. The summed E-state index contributed by atoms with van der Waals surface area (Å²) in [7, 11) is 4.15. The van der Waals surface area contributed by atoms with Crippen LogP contribution in [0.25, 0.3) is 0 Å². The normalized spacial score (nSPS) is 17.6. The summed E-state index contributed by atoms with van der Waals surface area (Å²) in [6, 6.07) is 0.710. The number of aromatic nitrogens is 1. The molecule has 1 saturated carbocycles. The molecule has 0 aromatic carbocycles. The minimum absolute atomic E-state index is 0.710. The largest absolute Gasteiger partial charge is 0.348 e. The number of anilines is 1. The molecule has 0 unspecified atom stereocenters. The Balaban J connectivity index is 1.98. The summed E-state index contributed by atoms with van der Waals surface area (Å²) >= 11 is 1.77. The quantitative estimate of drug-likeness (QED) is 0.875. The van der Waals surface area contributed by atoms with E-state index in [9.17, 15) is 0 Å². The van der Waals surface area contributed by atoms with Crippen molar-refractivity contribution in [3.05, 3.63) is 11.1 Å². The highest BCUT2D eigenvalue weighted by atomic mass is 32.1. The molecule has 1 aromatic heterocycles. The maximum absolute atomic E-state index is 4.66. The van der Waals surface area contributed by atoms with Gasteiger partial charge in [0, 0.05) is 25.0 Å². The molecule has 1 fully saturated rings. The van der Waals surface area contributed by atoms with E-state index in [2.05, 4.69) is 27.6 Å². The molecule has 0 bridgehead atoms. The second kappa shape index (κ2) is 5.64. The molecule has 90 valence electrons. The minimum Gasteiger partial charge on any atom is -0.348 e. The Hall–Kier alpha value is -0.610. The van der Waals surface area contributed by atoms with Crippen molar-refractivity contribution in [2.75, 3.05) is 19.0 Å². The zero-order valence-corrected chi connectivity index (χ0v) is 11.0. The molecule has 1 aliphatic carbocycles. The highest BCUT2D eigenvalue weighted by Gasteiger charge is 2.20. The summed E-state index contributed by atoms with van der Waals surface area (Å²) in [6.45, 7) is 0.870. The van der Waals surface area contributed by atoms with E-state index in [4.69, 9.17) is 0 Å². The number of rotatable bonds is 4. The first-order valence-electron chi connectivity index (χ1n) is 6.13. The van der Waals surface area contributed by atoms with Crippen molar-refractivity contribution in [3.63, 3.8) is 0 Å². The lowest BCUT2D eigenvalue weighted by atomic mass is 9.95. The van der Waals surface area contributed by atoms with E-state index in [1.54, 1.807) is 11.3 Å². The predicted octanol–water partition coefficient (Wildman–Crippen LogP) is 2.63. The summed E-state index contributed by atoms with van der Waals surface area (Å²) in [5.74, 6) is 0. The van der Waals surface area contributed by atoms with Crippen molar-refractivity contribution in [2.24, 2.45) is 0 Å². The molecular weight excluding hydrogens is 218 g/mol. The van der Waals surface area contributed by atoms with Gasteiger partial charge in [0.15, 0.2) is 5.13 Å². The van der Waals surface area contributed by atoms with Crippen LogP contribution in [0.1, 0.15) is 37.8 Å². The van der Waals surface area contributed by atoms with Gasteiger partial charge in [0.05, 0.1) is 5.69 Å². The second-order valence-corrected chi connectivity index (χ2v) is 5.39. The van der Waals surface area contributed by atoms with Crippen LogP contribution in [-0.2, 0) is 6.54 Å². The molecule has 1 aromatic rings. The van der Waals surface area contributed by atoms with Gasteiger partial charge in [0.1, 0.15) is 0 Å². The number of thiazole rings is 1. The average Bonchev–Trinajstić information content (AvgIpc) is 2.78. The van der Waals surface area contributed by atoms with Crippen LogP contribution in [0.4, 0.5) is 5.13 Å². The van der Waals surface area contributed by atoms with E-state index in [0.29, 0.717) is 6.04 Å². The molecule has 0 spiro atoms. The Morgan fingerprint density at radius 2 is 2.19 bits per heavy atom. The van der Waals surface area contributed by atoms with E-state index in [1.165, 1.54) is 37.2 Å². The van der Waals surface area contributed by atoms with Crippen molar-refractivity contribution < 1.29 is 0 Å². The Kier molecular flexibility index (Phi) is 4.18. The van der Waals surface area contributed by atoms with Crippen molar-refractivity contribution >= 4 is 16.5 Å². The monoisotopic (exact) mass is 239 g/mol. The van der Waals surface area contributed by atoms with Crippen molar-refractivity contribution in [1.29, 1.82) is 0 Å². The molecule has 0 aliphatic heterocycles. The number of nitrogens with zero attached hydrogens (tertiary/aromatic N) is 2. The molecule has 0 saturated heterocycles. The number of hydrogen-bond acceptors (Lipinski definition) is 4. The Labute approximate surface area is 102 Å². The lowest BCUT2D eigenvalue weighted by Crippen LogP contribution is -2.33. The predicted molar refractivity (Wildman–Crippen MR) is 70.2 cm³/mol. The summed E-state index contributed by atoms with van der Waals surface area (Å²) in [6.07, 6.45) is 6.83. The van der Waals surface area contributed by atoms with E-state index in [1.807, 2.05) is 7.05 Å². The van der Waals surface area contributed by atoms with Crippen LogP contribution >= 0.6 is 11.3 Å². The Bertz CT molecular complexity index is 318. The second-order valence-electron chi connectivity index (χ2n) is 4.55. The molecule has 1 N–H and O–H groups in total. The summed E-state index contributed by atoms with van der Waals surface area (Å²) < 4.78 is 0. The van der Waals surface area contributed by atoms with Crippen LogP contribution in [0, 0.1) is 0 Å². The first kappa shape index (κ1) is 11.9. The van der Waals surface area contributed by atoms with Crippen molar-refractivity contribution in [1.82, 2.24) is 10.3 Å². The molecule has 16 heavy (non-hydrogen) atoms.